The Hall–Kier alpha value is -0.810. The van der Waals surface area contributed by atoms with Gasteiger partial charge in [-0.2, -0.15) is 0 Å². The van der Waals surface area contributed by atoms with Crippen molar-refractivity contribution in [2.24, 2.45) is 0 Å². The maximum Gasteiger partial charge on any atom is 0.410 e. The first-order valence-electron chi connectivity index (χ1n) is 5.28. The van der Waals surface area contributed by atoms with Gasteiger partial charge in [-0.15, -0.1) is 0 Å². The molecule has 1 atom stereocenters. The highest BCUT2D eigenvalue weighted by Gasteiger charge is 2.25. The van der Waals surface area contributed by atoms with Gasteiger partial charge in [0.2, 0.25) is 0 Å². The number of rotatable bonds is 0. The summed E-state index contributed by atoms with van der Waals surface area (Å²) in [5.74, 6) is 0. The first-order valence-corrected chi connectivity index (χ1v) is 5.28. The molecule has 1 aliphatic rings. The summed E-state index contributed by atoms with van der Waals surface area (Å²) in [5, 5.41) is 12.3. The van der Waals surface area contributed by atoms with Crippen molar-refractivity contribution in [3.05, 3.63) is 0 Å². The maximum atomic E-state index is 11.7. The van der Waals surface area contributed by atoms with Crippen molar-refractivity contribution < 1.29 is 14.6 Å². The summed E-state index contributed by atoms with van der Waals surface area (Å²) in [7, 11) is 0. The van der Waals surface area contributed by atoms with Crippen molar-refractivity contribution in [3.8, 4) is 0 Å². The Labute approximate surface area is 90.4 Å². The molecule has 0 bridgehead atoms. The lowest BCUT2D eigenvalue weighted by atomic mass is 10.2. The highest BCUT2D eigenvalue weighted by Crippen LogP contribution is 2.11. The molecular weight excluding hydrogens is 196 g/mol. The van der Waals surface area contributed by atoms with Gasteiger partial charge in [0, 0.05) is 6.54 Å². The van der Waals surface area contributed by atoms with Crippen molar-refractivity contribution in [2.45, 2.75) is 39.0 Å². The lowest BCUT2D eigenvalue weighted by molar-refractivity contribution is 0.0155. The molecule has 0 radical (unpaired) electrons. The molecule has 0 aliphatic carbocycles. The lowest BCUT2D eigenvalue weighted by Crippen LogP contribution is -2.42. The molecule has 0 aromatic carbocycles. The number of nitrogens with zero attached hydrogens (tertiary/aromatic N) is 1. The second kappa shape index (κ2) is 4.81. The van der Waals surface area contributed by atoms with Gasteiger partial charge in [0.25, 0.3) is 0 Å². The minimum atomic E-state index is -0.653. The topological polar surface area (TPSA) is 61.8 Å². The summed E-state index contributed by atoms with van der Waals surface area (Å²) in [6, 6.07) is 0. The minimum Gasteiger partial charge on any atom is -0.444 e. The average Bonchev–Trinajstić information content (AvgIpc) is 2.26. The van der Waals surface area contributed by atoms with Gasteiger partial charge in [0.1, 0.15) is 11.8 Å². The maximum absolute atomic E-state index is 11.7. The molecule has 2 N–H and O–H groups in total. The van der Waals surface area contributed by atoms with Crippen LogP contribution in [0.1, 0.15) is 27.2 Å². The van der Waals surface area contributed by atoms with Crippen LogP contribution in [0.25, 0.3) is 0 Å². The van der Waals surface area contributed by atoms with Crippen LogP contribution < -0.4 is 5.32 Å². The van der Waals surface area contributed by atoms with Crippen LogP contribution in [-0.2, 0) is 4.74 Å². The van der Waals surface area contributed by atoms with Crippen LogP contribution in [0.3, 0.4) is 0 Å². The number of aliphatic hydroxyl groups excluding tert-OH is 1. The molecule has 0 aromatic rings. The second-order valence-electron chi connectivity index (χ2n) is 4.75. The predicted octanol–water partition coefficient (Wildman–Crippen LogP) is 0.535. The molecule has 1 aliphatic heterocycles. The molecule has 0 spiro atoms. The van der Waals surface area contributed by atoms with Crippen LogP contribution in [0.4, 0.5) is 4.79 Å². The summed E-state index contributed by atoms with van der Waals surface area (Å²) in [5.41, 5.74) is -0.484. The molecular formula is C10H20N2O3. The molecule has 5 heteroatoms. The standard InChI is InChI=1S/C10H20N2O3/c1-10(2,3)15-9(14)12-6-4-5-11-8(13)7-12/h8,11,13H,4-7H2,1-3H3. The Morgan fingerprint density at radius 1 is 1.53 bits per heavy atom. The fourth-order valence-electron chi connectivity index (χ4n) is 1.40. The molecule has 1 rings (SSSR count). The third-order valence-corrected chi connectivity index (χ3v) is 2.03. The number of amides is 1. The van der Waals surface area contributed by atoms with E-state index in [-0.39, 0.29) is 12.6 Å². The van der Waals surface area contributed by atoms with Gasteiger partial charge in [-0.05, 0) is 33.7 Å². The Morgan fingerprint density at radius 2 is 2.20 bits per heavy atom. The molecule has 0 saturated carbocycles. The van der Waals surface area contributed by atoms with Crippen molar-refractivity contribution in [1.82, 2.24) is 10.2 Å². The SMILES string of the molecule is CC(C)(C)OC(=O)N1CCCNC(O)C1. The van der Waals surface area contributed by atoms with E-state index in [2.05, 4.69) is 5.32 Å². The summed E-state index contributed by atoms with van der Waals surface area (Å²) in [6.45, 7) is 7.13. The number of carbonyl (C=O) groups excluding carboxylic acids is 1. The number of hydrogen-bond acceptors (Lipinski definition) is 4. The fraction of sp³-hybridized carbons (Fsp3) is 0.900. The number of β-amino-alcohol motifs (C(OH)–C–C–N with tert-alkyl or cyclic N) is 1. The van der Waals surface area contributed by atoms with E-state index in [1.807, 2.05) is 20.8 Å². The third kappa shape index (κ3) is 4.48. The van der Waals surface area contributed by atoms with Crippen LogP contribution >= 0.6 is 0 Å². The Balaban J connectivity index is 2.50. The third-order valence-electron chi connectivity index (χ3n) is 2.03. The average molecular weight is 216 g/mol. The minimum absolute atomic E-state index is 0.287. The van der Waals surface area contributed by atoms with Crippen LogP contribution in [0, 0.1) is 0 Å². The predicted molar refractivity (Wildman–Crippen MR) is 56.4 cm³/mol. The van der Waals surface area contributed by atoms with E-state index >= 15 is 0 Å². The van der Waals surface area contributed by atoms with Gasteiger partial charge < -0.3 is 14.7 Å². The van der Waals surface area contributed by atoms with E-state index in [1.54, 1.807) is 0 Å². The van der Waals surface area contributed by atoms with Gasteiger partial charge in [-0.3, -0.25) is 5.32 Å². The van der Waals surface area contributed by atoms with Gasteiger partial charge >= 0.3 is 6.09 Å². The van der Waals surface area contributed by atoms with E-state index < -0.39 is 11.8 Å². The van der Waals surface area contributed by atoms with Crippen LogP contribution in [-0.4, -0.2) is 47.6 Å². The first kappa shape index (κ1) is 12.3. The normalized spacial score (nSPS) is 23.5. The summed E-state index contributed by atoms with van der Waals surface area (Å²) < 4.78 is 5.23. The van der Waals surface area contributed by atoms with Gasteiger partial charge in [0.15, 0.2) is 0 Å². The highest BCUT2D eigenvalue weighted by molar-refractivity contribution is 5.68. The molecule has 0 aromatic heterocycles. The quantitative estimate of drug-likeness (QED) is 0.620. The number of nitrogens with one attached hydrogen (secondary N) is 1. The summed E-state index contributed by atoms with van der Waals surface area (Å²) in [4.78, 5) is 13.2. The Bertz CT molecular complexity index is 225. The van der Waals surface area contributed by atoms with E-state index in [0.29, 0.717) is 6.54 Å². The van der Waals surface area contributed by atoms with E-state index in [1.165, 1.54) is 4.90 Å². The van der Waals surface area contributed by atoms with Crippen LogP contribution in [0.2, 0.25) is 0 Å². The van der Waals surface area contributed by atoms with Crippen LogP contribution in [0.15, 0.2) is 0 Å². The molecule has 1 fully saturated rings. The van der Waals surface area contributed by atoms with Crippen molar-refractivity contribution in [1.29, 1.82) is 0 Å². The van der Waals surface area contributed by atoms with E-state index in [0.717, 1.165) is 13.0 Å². The molecule has 1 heterocycles. The van der Waals surface area contributed by atoms with Gasteiger partial charge in [-0.1, -0.05) is 0 Å². The van der Waals surface area contributed by atoms with Gasteiger partial charge in [0.05, 0.1) is 6.54 Å². The molecule has 88 valence electrons. The number of ether oxygens (including phenoxy) is 1. The second-order valence-corrected chi connectivity index (χ2v) is 4.75. The molecule has 1 amide bonds. The summed E-state index contributed by atoms with van der Waals surface area (Å²) >= 11 is 0. The number of carbonyl (C=O) groups is 1. The van der Waals surface area contributed by atoms with Crippen molar-refractivity contribution >= 4 is 6.09 Å². The zero-order valence-corrected chi connectivity index (χ0v) is 9.62. The first-order chi connectivity index (χ1) is 6.88. The molecule has 15 heavy (non-hydrogen) atoms. The Morgan fingerprint density at radius 3 is 2.80 bits per heavy atom. The fourth-order valence-corrected chi connectivity index (χ4v) is 1.40. The van der Waals surface area contributed by atoms with Crippen molar-refractivity contribution in [2.75, 3.05) is 19.6 Å². The zero-order chi connectivity index (χ0) is 11.5. The molecule has 1 unspecified atom stereocenters. The van der Waals surface area contributed by atoms with Crippen molar-refractivity contribution in [3.63, 3.8) is 0 Å². The van der Waals surface area contributed by atoms with Crippen LogP contribution in [0.5, 0.6) is 0 Å². The lowest BCUT2D eigenvalue weighted by Gasteiger charge is -2.27. The Kier molecular flexibility index (Phi) is 3.93. The zero-order valence-electron chi connectivity index (χ0n) is 9.62. The largest absolute Gasteiger partial charge is 0.444 e. The molecule has 5 nitrogen and oxygen atoms in total. The highest BCUT2D eigenvalue weighted by atomic mass is 16.6. The number of hydrogen-bond donors (Lipinski definition) is 2. The van der Waals surface area contributed by atoms with Gasteiger partial charge in [-0.25, -0.2) is 4.79 Å². The van der Waals surface area contributed by atoms with E-state index in [4.69, 9.17) is 4.74 Å². The smallest absolute Gasteiger partial charge is 0.410 e. The molecule has 1 saturated heterocycles. The monoisotopic (exact) mass is 216 g/mol. The summed E-state index contributed by atoms with van der Waals surface area (Å²) in [6.07, 6.45) is -0.179. The van der Waals surface area contributed by atoms with E-state index in [9.17, 15) is 9.90 Å². The number of aliphatic hydroxyl groups is 1.